The fourth-order valence-electron chi connectivity index (χ4n) is 4.03. The van der Waals surface area contributed by atoms with Crippen molar-refractivity contribution in [2.75, 3.05) is 19.8 Å². The molecule has 2 aliphatic rings. The van der Waals surface area contributed by atoms with E-state index in [4.69, 9.17) is 4.74 Å². The topological polar surface area (TPSA) is 21.3 Å². The van der Waals surface area contributed by atoms with Crippen LogP contribution in [0.4, 0.5) is 0 Å². The van der Waals surface area contributed by atoms with Crippen LogP contribution in [0.3, 0.4) is 0 Å². The molecule has 1 heterocycles. The molecular weight excluding hydrogens is 222 g/mol. The molecule has 1 aliphatic carbocycles. The monoisotopic (exact) mass is 253 g/mol. The van der Waals surface area contributed by atoms with Gasteiger partial charge in [0.2, 0.25) is 0 Å². The molecule has 0 aromatic rings. The van der Waals surface area contributed by atoms with Crippen molar-refractivity contribution in [2.45, 2.75) is 64.8 Å². The van der Waals surface area contributed by atoms with Gasteiger partial charge in [0.1, 0.15) is 0 Å². The first-order valence-corrected chi connectivity index (χ1v) is 8.16. The molecule has 1 saturated carbocycles. The van der Waals surface area contributed by atoms with Gasteiger partial charge in [-0.25, -0.2) is 0 Å². The molecule has 2 fully saturated rings. The van der Waals surface area contributed by atoms with Crippen LogP contribution in [-0.4, -0.2) is 25.8 Å². The molecule has 0 amide bonds. The summed E-state index contributed by atoms with van der Waals surface area (Å²) in [6, 6.07) is 0.713. The van der Waals surface area contributed by atoms with Crippen LogP contribution in [0, 0.1) is 17.8 Å². The predicted molar refractivity (Wildman–Crippen MR) is 76.7 cm³/mol. The highest BCUT2D eigenvalue weighted by atomic mass is 16.5. The molecule has 1 aliphatic heterocycles. The van der Waals surface area contributed by atoms with E-state index in [0.29, 0.717) is 6.04 Å². The summed E-state index contributed by atoms with van der Waals surface area (Å²) in [7, 11) is 0. The molecule has 2 nitrogen and oxygen atoms in total. The number of nitrogens with one attached hydrogen (secondary N) is 1. The highest BCUT2D eigenvalue weighted by Crippen LogP contribution is 2.36. The molecule has 106 valence electrons. The smallest absolute Gasteiger partial charge is 0.0509 e. The highest BCUT2D eigenvalue weighted by molar-refractivity contribution is 4.87. The van der Waals surface area contributed by atoms with Crippen LogP contribution in [-0.2, 0) is 4.74 Å². The van der Waals surface area contributed by atoms with E-state index in [0.717, 1.165) is 37.5 Å². The van der Waals surface area contributed by atoms with Crippen LogP contribution < -0.4 is 5.32 Å². The van der Waals surface area contributed by atoms with Crippen molar-refractivity contribution in [3.05, 3.63) is 0 Å². The summed E-state index contributed by atoms with van der Waals surface area (Å²) in [5.41, 5.74) is 0. The summed E-state index contributed by atoms with van der Waals surface area (Å²) in [6.45, 7) is 7.69. The Hall–Kier alpha value is -0.0800. The van der Waals surface area contributed by atoms with Gasteiger partial charge in [-0.15, -0.1) is 0 Å². The maximum Gasteiger partial charge on any atom is 0.0509 e. The average molecular weight is 253 g/mol. The van der Waals surface area contributed by atoms with E-state index in [2.05, 4.69) is 19.2 Å². The van der Waals surface area contributed by atoms with Gasteiger partial charge >= 0.3 is 0 Å². The van der Waals surface area contributed by atoms with Crippen LogP contribution in [0.1, 0.15) is 58.8 Å². The molecule has 4 unspecified atom stereocenters. The molecule has 0 radical (unpaired) electrons. The first-order chi connectivity index (χ1) is 8.85. The third kappa shape index (κ3) is 3.71. The quantitative estimate of drug-likeness (QED) is 0.808. The fourth-order valence-corrected chi connectivity index (χ4v) is 4.03. The second-order valence-corrected chi connectivity index (χ2v) is 6.26. The minimum atomic E-state index is 0.713. The number of hydrogen-bond acceptors (Lipinski definition) is 2. The van der Waals surface area contributed by atoms with Crippen molar-refractivity contribution in [1.29, 1.82) is 0 Å². The van der Waals surface area contributed by atoms with Crippen LogP contribution in [0.15, 0.2) is 0 Å². The Morgan fingerprint density at radius 3 is 2.61 bits per heavy atom. The van der Waals surface area contributed by atoms with Crippen LogP contribution in [0.5, 0.6) is 0 Å². The van der Waals surface area contributed by atoms with Gasteiger partial charge in [0, 0.05) is 12.6 Å². The summed E-state index contributed by atoms with van der Waals surface area (Å²) >= 11 is 0. The third-order valence-electron chi connectivity index (χ3n) is 5.05. The third-order valence-corrected chi connectivity index (χ3v) is 5.05. The van der Waals surface area contributed by atoms with Gasteiger partial charge in [0.05, 0.1) is 6.61 Å². The van der Waals surface area contributed by atoms with Crippen LogP contribution in [0.25, 0.3) is 0 Å². The van der Waals surface area contributed by atoms with Crippen molar-refractivity contribution < 1.29 is 4.74 Å². The predicted octanol–water partition coefficient (Wildman–Crippen LogP) is 3.61. The zero-order valence-electron chi connectivity index (χ0n) is 12.3. The summed E-state index contributed by atoms with van der Waals surface area (Å²) in [5, 5.41) is 3.79. The van der Waals surface area contributed by atoms with Gasteiger partial charge in [0.15, 0.2) is 0 Å². The van der Waals surface area contributed by atoms with Gasteiger partial charge in [-0.3, -0.25) is 0 Å². The Bertz CT molecular complexity index is 225. The van der Waals surface area contributed by atoms with E-state index in [1.807, 2.05) is 0 Å². The SMILES string of the molecule is CCNC(C1CCCOC1)C1CCCC(CC)C1. The van der Waals surface area contributed by atoms with E-state index in [-0.39, 0.29) is 0 Å². The zero-order chi connectivity index (χ0) is 12.8. The number of hydrogen-bond donors (Lipinski definition) is 1. The van der Waals surface area contributed by atoms with Crippen molar-refractivity contribution in [3.8, 4) is 0 Å². The molecule has 18 heavy (non-hydrogen) atoms. The Balaban J connectivity index is 1.94. The first kappa shape index (κ1) is 14.3. The average Bonchev–Trinajstić information content (AvgIpc) is 2.46. The molecule has 0 aromatic heterocycles. The largest absolute Gasteiger partial charge is 0.381 e. The minimum Gasteiger partial charge on any atom is -0.381 e. The Labute approximate surface area is 113 Å². The van der Waals surface area contributed by atoms with Crippen molar-refractivity contribution in [1.82, 2.24) is 5.32 Å². The van der Waals surface area contributed by atoms with Crippen molar-refractivity contribution >= 4 is 0 Å². The lowest BCUT2D eigenvalue weighted by molar-refractivity contribution is 0.0216. The normalized spacial score (nSPS) is 35.3. The molecule has 4 atom stereocenters. The molecular formula is C16H31NO. The van der Waals surface area contributed by atoms with E-state index in [9.17, 15) is 0 Å². The number of rotatable bonds is 5. The van der Waals surface area contributed by atoms with Gasteiger partial charge in [-0.1, -0.05) is 33.1 Å². The molecule has 0 aromatic carbocycles. The summed E-state index contributed by atoms with van der Waals surface area (Å²) in [6.07, 6.45) is 9.79. The molecule has 2 rings (SSSR count). The fraction of sp³-hybridized carbons (Fsp3) is 1.00. The van der Waals surface area contributed by atoms with Gasteiger partial charge < -0.3 is 10.1 Å². The molecule has 0 spiro atoms. The minimum absolute atomic E-state index is 0.713. The standard InChI is InChI=1S/C16H31NO/c1-3-13-7-5-8-14(11-13)16(17-4-2)15-9-6-10-18-12-15/h13-17H,3-12H2,1-2H3. The van der Waals surface area contributed by atoms with Crippen molar-refractivity contribution in [3.63, 3.8) is 0 Å². The van der Waals surface area contributed by atoms with E-state index >= 15 is 0 Å². The first-order valence-electron chi connectivity index (χ1n) is 8.16. The molecule has 2 heteroatoms. The molecule has 0 bridgehead atoms. The lowest BCUT2D eigenvalue weighted by Gasteiger charge is -2.40. The van der Waals surface area contributed by atoms with E-state index in [1.54, 1.807) is 0 Å². The highest BCUT2D eigenvalue weighted by Gasteiger charge is 2.33. The summed E-state index contributed by atoms with van der Waals surface area (Å²) in [4.78, 5) is 0. The van der Waals surface area contributed by atoms with E-state index in [1.165, 1.54) is 44.9 Å². The molecule has 1 saturated heterocycles. The summed E-state index contributed by atoms with van der Waals surface area (Å²) in [5.74, 6) is 2.64. The number of ether oxygens (including phenoxy) is 1. The van der Waals surface area contributed by atoms with Gasteiger partial charge in [-0.05, 0) is 50.0 Å². The zero-order valence-corrected chi connectivity index (χ0v) is 12.3. The maximum atomic E-state index is 5.71. The molecule has 1 N–H and O–H groups in total. The van der Waals surface area contributed by atoms with Gasteiger partial charge in [-0.2, -0.15) is 0 Å². The Kier molecular flexibility index (Phi) is 5.97. The van der Waals surface area contributed by atoms with Crippen LogP contribution >= 0.6 is 0 Å². The van der Waals surface area contributed by atoms with Crippen LogP contribution in [0.2, 0.25) is 0 Å². The lowest BCUT2D eigenvalue weighted by Crippen LogP contribution is -2.46. The second kappa shape index (κ2) is 7.49. The van der Waals surface area contributed by atoms with Crippen molar-refractivity contribution in [2.24, 2.45) is 17.8 Å². The second-order valence-electron chi connectivity index (χ2n) is 6.26. The van der Waals surface area contributed by atoms with E-state index < -0.39 is 0 Å². The van der Waals surface area contributed by atoms with Gasteiger partial charge in [0.25, 0.3) is 0 Å². The Morgan fingerprint density at radius 1 is 1.11 bits per heavy atom. The Morgan fingerprint density at radius 2 is 1.94 bits per heavy atom. The summed E-state index contributed by atoms with van der Waals surface area (Å²) < 4.78 is 5.71. The maximum absolute atomic E-state index is 5.71. The lowest BCUT2D eigenvalue weighted by atomic mass is 9.72.